The highest BCUT2D eigenvalue weighted by Gasteiger charge is 2.21. The Hall–Kier alpha value is -1.76. The Balaban J connectivity index is 2.89. The Bertz CT molecular complexity index is 562. The third kappa shape index (κ3) is 5.42. The van der Waals surface area contributed by atoms with Gasteiger partial charge in [-0.3, -0.25) is 4.79 Å². The van der Waals surface area contributed by atoms with Crippen LogP contribution < -0.4 is 14.8 Å². The third-order valence-corrected chi connectivity index (χ3v) is 3.54. The van der Waals surface area contributed by atoms with Crippen LogP contribution in [0.3, 0.4) is 0 Å². The Kier molecular flexibility index (Phi) is 7.88. The third-order valence-electron chi connectivity index (χ3n) is 2.95. The van der Waals surface area contributed by atoms with Crippen molar-refractivity contribution in [3.05, 3.63) is 22.2 Å². The number of nitrogens with one attached hydrogen (secondary N) is 1. The minimum atomic E-state index is -0.870. The molecule has 0 radical (unpaired) electrons. The molecule has 1 aromatic carbocycles. The Labute approximate surface area is 144 Å². The van der Waals surface area contributed by atoms with Crippen molar-refractivity contribution in [1.29, 1.82) is 0 Å². The fourth-order valence-electron chi connectivity index (χ4n) is 1.82. The average Bonchev–Trinajstić information content (AvgIpc) is 2.52. The van der Waals surface area contributed by atoms with Crippen molar-refractivity contribution < 1.29 is 23.8 Å². The van der Waals surface area contributed by atoms with Crippen LogP contribution in [0, 0.1) is 0 Å². The first-order valence-electron chi connectivity index (χ1n) is 7.43. The highest BCUT2D eigenvalue weighted by Crippen LogP contribution is 2.36. The molecule has 0 bridgehead atoms. The molecular formula is C16H22BrNO5. The average molecular weight is 388 g/mol. The number of esters is 1. The fourth-order valence-corrected chi connectivity index (χ4v) is 2.42. The van der Waals surface area contributed by atoms with Crippen LogP contribution in [0.2, 0.25) is 0 Å². The van der Waals surface area contributed by atoms with Gasteiger partial charge < -0.3 is 19.5 Å². The molecule has 1 aromatic rings. The van der Waals surface area contributed by atoms with Crippen molar-refractivity contribution >= 4 is 27.8 Å². The molecule has 1 rings (SSSR count). The minimum absolute atomic E-state index is 0.274. The number of hydrogen-bond acceptors (Lipinski definition) is 5. The molecule has 6 nitrogen and oxygen atoms in total. The van der Waals surface area contributed by atoms with Crippen molar-refractivity contribution in [2.75, 3.05) is 20.3 Å². The molecule has 1 amide bonds. The predicted octanol–water partition coefficient (Wildman–Crippen LogP) is 2.93. The molecule has 0 aliphatic heterocycles. The van der Waals surface area contributed by atoms with Crippen molar-refractivity contribution in [3.8, 4) is 11.5 Å². The van der Waals surface area contributed by atoms with Gasteiger partial charge in [-0.05, 0) is 48.3 Å². The maximum Gasteiger partial charge on any atom is 0.339 e. The molecule has 0 aliphatic rings. The van der Waals surface area contributed by atoms with Crippen molar-refractivity contribution in [2.45, 2.75) is 33.3 Å². The van der Waals surface area contributed by atoms with E-state index in [4.69, 9.17) is 14.2 Å². The minimum Gasteiger partial charge on any atom is -0.492 e. The standard InChI is InChI=1S/C16H22BrNO5/c1-5-7-18-15(19)10(3)23-16(20)11-8-12(17)14(21-4)13(9-11)22-6-2/h8-10H,5-7H2,1-4H3,(H,18,19)/t10-/m0/s1. The summed E-state index contributed by atoms with van der Waals surface area (Å²) in [5, 5.41) is 2.68. The van der Waals surface area contributed by atoms with Gasteiger partial charge in [-0.2, -0.15) is 0 Å². The number of halogens is 1. The molecule has 0 spiro atoms. The second kappa shape index (κ2) is 9.39. The number of amides is 1. The van der Waals surface area contributed by atoms with Crippen LogP contribution >= 0.6 is 15.9 Å². The topological polar surface area (TPSA) is 73.9 Å². The number of methoxy groups -OCH3 is 1. The molecule has 128 valence electrons. The molecule has 7 heteroatoms. The summed E-state index contributed by atoms with van der Waals surface area (Å²) in [5.74, 6) is 0.00261. The molecule has 1 atom stereocenters. The summed E-state index contributed by atoms with van der Waals surface area (Å²) in [7, 11) is 1.51. The highest BCUT2D eigenvalue weighted by molar-refractivity contribution is 9.10. The molecule has 0 fully saturated rings. The second-order valence-corrected chi connectivity index (χ2v) is 5.62. The molecular weight excluding hydrogens is 366 g/mol. The maximum atomic E-state index is 12.2. The van der Waals surface area contributed by atoms with Crippen LogP contribution in [0.15, 0.2) is 16.6 Å². The van der Waals surface area contributed by atoms with Crippen LogP contribution in [0.4, 0.5) is 0 Å². The van der Waals surface area contributed by atoms with Crippen LogP contribution in [0.1, 0.15) is 37.6 Å². The predicted molar refractivity (Wildman–Crippen MR) is 90.0 cm³/mol. The van der Waals surface area contributed by atoms with Gasteiger partial charge >= 0.3 is 5.97 Å². The zero-order valence-electron chi connectivity index (χ0n) is 13.8. The zero-order valence-corrected chi connectivity index (χ0v) is 15.4. The van der Waals surface area contributed by atoms with E-state index in [0.717, 1.165) is 6.42 Å². The van der Waals surface area contributed by atoms with Gasteiger partial charge in [0.05, 0.1) is 23.8 Å². The quantitative estimate of drug-likeness (QED) is 0.694. The van der Waals surface area contributed by atoms with E-state index in [1.165, 1.54) is 20.1 Å². The largest absolute Gasteiger partial charge is 0.492 e. The number of hydrogen-bond donors (Lipinski definition) is 1. The summed E-state index contributed by atoms with van der Waals surface area (Å²) in [5.41, 5.74) is 0.274. The zero-order chi connectivity index (χ0) is 17.4. The Morgan fingerprint density at radius 1 is 1.30 bits per heavy atom. The van der Waals surface area contributed by atoms with Crippen molar-refractivity contribution in [3.63, 3.8) is 0 Å². The van der Waals surface area contributed by atoms with E-state index >= 15 is 0 Å². The number of carbonyl (C=O) groups excluding carboxylic acids is 2. The molecule has 0 saturated heterocycles. The first-order valence-corrected chi connectivity index (χ1v) is 8.22. The van der Waals surface area contributed by atoms with E-state index in [1.807, 2.05) is 13.8 Å². The molecule has 0 saturated carbocycles. The number of rotatable bonds is 8. The van der Waals surface area contributed by atoms with E-state index in [2.05, 4.69) is 21.2 Å². The number of carbonyl (C=O) groups is 2. The van der Waals surface area contributed by atoms with E-state index in [1.54, 1.807) is 6.07 Å². The first kappa shape index (κ1) is 19.3. The number of ether oxygens (including phenoxy) is 3. The van der Waals surface area contributed by atoms with Crippen molar-refractivity contribution in [2.24, 2.45) is 0 Å². The lowest BCUT2D eigenvalue weighted by atomic mass is 10.2. The fraction of sp³-hybridized carbons (Fsp3) is 0.500. The molecule has 0 aliphatic carbocycles. The lowest BCUT2D eigenvalue weighted by molar-refractivity contribution is -0.129. The van der Waals surface area contributed by atoms with Crippen LogP contribution in [-0.4, -0.2) is 38.2 Å². The summed E-state index contributed by atoms with van der Waals surface area (Å²) < 4.78 is 16.5. The lowest BCUT2D eigenvalue weighted by Crippen LogP contribution is -2.36. The molecule has 0 aromatic heterocycles. The molecule has 1 N–H and O–H groups in total. The summed E-state index contributed by atoms with van der Waals surface area (Å²) in [4.78, 5) is 24.0. The Morgan fingerprint density at radius 2 is 2.00 bits per heavy atom. The van der Waals surface area contributed by atoms with Gasteiger partial charge in [-0.15, -0.1) is 0 Å². The van der Waals surface area contributed by atoms with Gasteiger partial charge in [0.1, 0.15) is 0 Å². The maximum absolute atomic E-state index is 12.2. The molecule has 0 heterocycles. The summed E-state index contributed by atoms with van der Waals surface area (Å²) in [6.07, 6.45) is -0.0549. The van der Waals surface area contributed by atoms with Gasteiger partial charge in [0.25, 0.3) is 5.91 Å². The van der Waals surface area contributed by atoms with Crippen molar-refractivity contribution in [1.82, 2.24) is 5.32 Å². The van der Waals surface area contributed by atoms with Crippen LogP contribution in [0.5, 0.6) is 11.5 Å². The smallest absolute Gasteiger partial charge is 0.339 e. The summed E-state index contributed by atoms with van der Waals surface area (Å²) >= 11 is 3.33. The SMILES string of the molecule is CCCNC(=O)[C@H](C)OC(=O)c1cc(Br)c(OC)c(OCC)c1. The van der Waals surface area contributed by atoms with Crippen LogP contribution in [-0.2, 0) is 9.53 Å². The summed E-state index contributed by atoms with van der Waals surface area (Å²) in [6, 6.07) is 3.10. The summed E-state index contributed by atoms with van der Waals surface area (Å²) in [6.45, 7) is 6.28. The van der Waals surface area contributed by atoms with E-state index in [-0.39, 0.29) is 11.5 Å². The van der Waals surface area contributed by atoms with Gasteiger partial charge in [0, 0.05) is 6.54 Å². The Morgan fingerprint density at radius 3 is 2.57 bits per heavy atom. The molecule has 0 unspecified atom stereocenters. The number of benzene rings is 1. The van der Waals surface area contributed by atoms with Gasteiger partial charge in [0.2, 0.25) is 0 Å². The van der Waals surface area contributed by atoms with E-state index < -0.39 is 12.1 Å². The van der Waals surface area contributed by atoms with Gasteiger partial charge in [0.15, 0.2) is 17.6 Å². The van der Waals surface area contributed by atoms with Gasteiger partial charge in [-0.25, -0.2) is 4.79 Å². The lowest BCUT2D eigenvalue weighted by Gasteiger charge is -2.15. The molecule has 23 heavy (non-hydrogen) atoms. The monoisotopic (exact) mass is 387 g/mol. The van der Waals surface area contributed by atoms with E-state index in [0.29, 0.717) is 29.1 Å². The van der Waals surface area contributed by atoms with E-state index in [9.17, 15) is 9.59 Å². The second-order valence-electron chi connectivity index (χ2n) is 4.76. The first-order chi connectivity index (χ1) is 10.9. The van der Waals surface area contributed by atoms with Gasteiger partial charge in [-0.1, -0.05) is 6.92 Å². The van der Waals surface area contributed by atoms with Crippen LogP contribution in [0.25, 0.3) is 0 Å². The normalized spacial score (nSPS) is 11.5. The highest BCUT2D eigenvalue weighted by atomic mass is 79.9.